The van der Waals surface area contributed by atoms with Crippen molar-refractivity contribution in [1.29, 1.82) is 0 Å². The highest BCUT2D eigenvalue weighted by Crippen LogP contribution is 2.05. The predicted octanol–water partition coefficient (Wildman–Crippen LogP) is 1.84. The summed E-state index contributed by atoms with van der Waals surface area (Å²) in [5.74, 6) is 1.28. The van der Waals surface area contributed by atoms with Crippen molar-refractivity contribution in [3.8, 4) is 0 Å². The fraction of sp³-hybridized carbons (Fsp3) is 0.667. The Balaban J connectivity index is 2.09. The lowest BCUT2D eigenvalue weighted by atomic mass is 10.2. The van der Waals surface area contributed by atoms with E-state index in [1.165, 1.54) is 0 Å². The quantitative estimate of drug-likeness (QED) is 0.690. The molecule has 0 aliphatic carbocycles. The number of unbranched alkanes of at least 4 members (excludes halogenated alkanes) is 2. The molecule has 0 saturated carbocycles. The van der Waals surface area contributed by atoms with Crippen LogP contribution in [0.1, 0.15) is 31.5 Å². The third kappa shape index (κ3) is 4.04. The molecule has 0 saturated heterocycles. The highest BCUT2D eigenvalue weighted by atomic mass is 16.2. The van der Waals surface area contributed by atoms with Gasteiger partial charge >= 0.3 is 0 Å². The van der Waals surface area contributed by atoms with E-state index < -0.39 is 0 Å². The standard InChI is InChI=1S/C12H21N3O/c1-11-13-8-10-15(11)9-6-4-5-7-12(16)14(2)3/h8,10H,4-7,9H2,1-3H3. The molecule has 16 heavy (non-hydrogen) atoms. The number of amides is 1. The normalized spacial score (nSPS) is 10.4. The lowest BCUT2D eigenvalue weighted by Crippen LogP contribution is -2.21. The molecule has 1 aromatic rings. The van der Waals surface area contributed by atoms with Gasteiger partial charge in [-0.15, -0.1) is 0 Å². The van der Waals surface area contributed by atoms with Crippen LogP contribution in [0.5, 0.6) is 0 Å². The largest absolute Gasteiger partial charge is 0.349 e. The summed E-state index contributed by atoms with van der Waals surface area (Å²) >= 11 is 0. The summed E-state index contributed by atoms with van der Waals surface area (Å²) in [7, 11) is 3.61. The molecule has 1 rings (SSSR count). The van der Waals surface area contributed by atoms with Crippen LogP contribution in [0.25, 0.3) is 0 Å². The van der Waals surface area contributed by atoms with Gasteiger partial charge in [0.15, 0.2) is 0 Å². The Bertz CT molecular complexity index is 331. The van der Waals surface area contributed by atoms with E-state index in [2.05, 4.69) is 9.55 Å². The van der Waals surface area contributed by atoms with Gasteiger partial charge in [-0.1, -0.05) is 6.42 Å². The maximum atomic E-state index is 11.3. The Morgan fingerprint density at radius 1 is 1.38 bits per heavy atom. The minimum absolute atomic E-state index is 0.221. The van der Waals surface area contributed by atoms with Gasteiger partial charge in [0.2, 0.25) is 5.91 Å². The zero-order chi connectivity index (χ0) is 12.0. The number of carbonyl (C=O) groups is 1. The number of carbonyl (C=O) groups excluding carboxylic acids is 1. The van der Waals surface area contributed by atoms with Crippen LogP contribution in [0.4, 0.5) is 0 Å². The fourth-order valence-corrected chi connectivity index (χ4v) is 1.60. The molecule has 0 radical (unpaired) electrons. The van der Waals surface area contributed by atoms with Gasteiger partial charge < -0.3 is 9.47 Å². The Hall–Kier alpha value is -1.32. The second-order valence-electron chi connectivity index (χ2n) is 4.27. The number of rotatable bonds is 6. The van der Waals surface area contributed by atoms with Crippen molar-refractivity contribution in [2.75, 3.05) is 14.1 Å². The summed E-state index contributed by atoms with van der Waals surface area (Å²) in [5.41, 5.74) is 0. The molecule has 0 spiro atoms. The van der Waals surface area contributed by atoms with Crippen LogP contribution in [0, 0.1) is 6.92 Å². The van der Waals surface area contributed by atoms with Crippen LogP contribution in [0.2, 0.25) is 0 Å². The lowest BCUT2D eigenvalue weighted by molar-refractivity contribution is -0.128. The molecule has 0 fully saturated rings. The van der Waals surface area contributed by atoms with E-state index in [-0.39, 0.29) is 5.91 Å². The van der Waals surface area contributed by atoms with E-state index in [1.54, 1.807) is 19.0 Å². The van der Waals surface area contributed by atoms with Crippen molar-refractivity contribution in [2.24, 2.45) is 0 Å². The summed E-state index contributed by atoms with van der Waals surface area (Å²) in [6, 6.07) is 0. The van der Waals surface area contributed by atoms with Gasteiger partial charge in [0.05, 0.1) is 0 Å². The molecular weight excluding hydrogens is 202 g/mol. The summed E-state index contributed by atoms with van der Waals surface area (Å²) in [5, 5.41) is 0. The highest BCUT2D eigenvalue weighted by Gasteiger charge is 2.03. The van der Waals surface area contributed by atoms with Crippen LogP contribution >= 0.6 is 0 Å². The van der Waals surface area contributed by atoms with E-state index in [4.69, 9.17) is 0 Å². The van der Waals surface area contributed by atoms with Crippen molar-refractivity contribution in [2.45, 2.75) is 39.2 Å². The number of hydrogen-bond acceptors (Lipinski definition) is 2. The van der Waals surface area contributed by atoms with Gasteiger partial charge in [0, 0.05) is 39.5 Å². The summed E-state index contributed by atoms with van der Waals surface area (Å²) < 4.78 is 2.15. The second-order valence-corrected chi connectivity index (χ2v) is 4.27. The molecule has 90 valence electrons. The molecule has 0 N–H and O–H groups in total. The highest BCUT2D eigenvalue weighted by molar-refractivity contribution is 5.75. The van der Waals surface area contributed by atoms with E-state index in [0.29, 0.717) is 6.42 Å². The Labute approximate surface area is 97.3 Å². The van der Waals surface area contributed by atoms with Gasteiger partial charge in [-0.05, 0) is 19.8 Å². The first kappa shape index (κ1) is 12.7. The van der Waals surface area contributed by atoms with Gasteiger partial charge in [-0.3, -0.25) is 4.79 Å². The van der Waals surface area contributed by atoms with Crippen molar-refractivity contribution in [3.63, 3.8) is 0 Å². The zero-order valence-corrected chi connectivity index (χ0v) is 10.4. The van der Waals surface area contributed by atoms with Crippen LogP contribution in [0.3, 0.4) is 0 Å². The monoisotopic (exact) mass is 223 g/mol. The topological polar surface area (TPSA) is 38.1 Å². The van der Waals surface area contributed by atoms with Crippen LogP contribution in [0.15, 0.2) is 12.4 Å². The molecule has 0 atom stereocenters. The third-order valence-corrected chi connectivity index (χ3v) is 2.71. The van der Waals surface area contributed by atoms with Crippen molar-refractivity contribution < 1.29 is 4.79 Å². The first-order valence-electron chi connectivity index (χ1n) is 5.79. The molecule has 0 aromatic carbocycles. The zero-order valence-electron chi connectivity index (χ0n) is 10.4. The molecular formula is C12H21N3O. The molecule has 1 amide bonds. The molecule has 0 unspecified atom stereocenters. The van der Waals surface area contributed by atoms with Gasteiger partial charge in [0.25, 0.3) is 0 Å². The SMILES string of the molecule is Cc1nccn1CCCCCC(=O)N(C)C. The molecule has 4 nitrogen and oxygen atoms in total. The van der Waals surface area contributed by atoms with Crippen LogP contribution in [-0.4, -0.2) is 34.5 Å². The second kappa shape index (κ2) is 6.30. The molecule has 1 heterocycles. The average molecular weight is 223 g/mol. The molecule has 1 aromatic heterocycles. The van der Waals surface area contributed by atoms with Crippen molar-refractivity contribution in [3.05, 3.63) is 18.2 Å². The van der Waals surface area contributed by atoms with Crippen LogP contribution < -0.4 is 0 Å². The molecule has 0 aliphatic rings. The fourth-order valence-electron chi connectivity index (χ4n) is 1.60. The Morgan fingerprint density at radius 2 is 2.12 bits per heavy atom. The van der Waals surface area contributed by atoms with Crippen LogP contribution in [-0.2, 0) is 11.3 Å². The maximum Gasteiger partial charge on any atom is 0.222 e. The number of aryl methyl sites for hydroxylation is 2. The molecule has 0 bridgehead atoms. The van der Waals surface area contributed by atoms with Crippen molar-refractivity contribution in [1.82, 2.24) is 14.5 Å². The third-order valence-electron chi connectivity index (χ3n) is 2.71. The van der Waals surface area contributed by atoms with E-state index >= 15 is 0 Å². The summed E-state index contributed by atoms with van der Waals surface area (Å²) in [4.78, 5) is 17.1. The van der Waals surface area contributed by atoms with E-state index in [9.17, 15) is 4.79 Å². The number of nitrogens with zero attached hydrogens (tertiary/aromatic N) is 3. The van der Waals surface area contributed by atoms with Crippen molar-refractivity contribution >= 4 is 5.91 Å². The summed E-state index contributed by atoms with van der Waals surface area (Å²) in [6.45, 7) is 3.01. The first-order valence-corrected chi connectivity index (χ1v) is 5.79. The average Bonchev–Trinajstić information content (AvgIpc) is 2.63. The molecule has 4 heteroatoms. The number of hydrogen-bond donors (Lipinski definition) is 0. The van der Waals surface area contributed by atoms with Gasteiger partial charge in [0.1, 0.15) is 5.82 Å². The van der Waals surface area contributed by atoms with E-state index in [0.717, 1.165) is 31.6 Å². The predicted molar refractivity (Wildman–Crippen MR) is 64.1 cm³/mol. The minimum Gasteiger partial charge on any atom is -0.349 e. The Kier molecular flexibility index (Phi) is 5.02. The minimum atomic E-state index is 0.221. The lowest BCUT2D eigenvalue weighted by Gasteiger charge is -2.09. The smallest absolute Gasteiger partial charge is 0.222 e. The molecule has 0 aliphatic heterocycles. The van der Waals surface area contributed by atoms with E-state index in [1.807, 2.05) is 19.3 Å². The van der Waals surface area contributed by atoms with Gasteiger partial charge in [-0.25, -0.2) is 4.98 Å². The maximum absolute atomic E-state index is 11.3. The Morgan fingerprint density at radius 3 is 2.69 bits per heavy atom. The number of imidazole rings is 1. The van der Waals surface area contributed by atoms with Gasteiger partial charge in [-0.2, -0.15) is 0 Å². The first-order chi connectivity index (χ1) is 7.61. The summed E-state index contributed by atoms with van der Waals surface area (Å²) in [6.07, 6.45) is 7.67. The number of aromatic nitrogens is 2.